The van der Waals surface area contributed by atoms with Crippen molar-refractivity contribution in [1.29, 1.82) is 0 Å². The Morgan fingerprint density at radius 3 is 1.35 bits per heavy atom. The molecule has 2 aromatic rings. The van der Waals surface area contributed by atoms with E-state index < -0.39 is 0 Å². The zero-order chi connectivity index (χ0) is 22.3. The van der Waals surface area contributed by atoms with Gasteiger partial charge in [0.25, 0.3) is 0 Å². The fourth-order valence-electron chi connectivity index (χ4n) is 4.78. The Morgan fingerprint density at radius 2 is 0.946 bits per heavy atom. The lowest BCUT2D eigenvalue weighted by atomic mass is 10.1. The Kier molecular flexibility index (Phi) is 21.1. The Labute approximate surface area is 257 Å². The number of piperazine rings is 2. The standard InChI is InChI=1S/C26H36Cl2N4.4ClH.H2O/c1-22(32-18-16-31(17-19-32)21-24-4-8-26(28)9-5-24)10-11-29-12-14-30(15-13-29)20-23-2-6-25(27)7-3-23;;;;;/h2-9,22H,10-21H2,1H3;4*1H;1H2. The van der Waals surface area contributed by atoms with Crippen LogP contribution in [0.4, 0.5) is 0 Å². The predicted octanol–water partition coefficient (Wildman–Crippen LogP) is 5.57. The van der Waals surface area contributed by atoms with Gasteiger partial charge in [-0.1, -0.05) is 47.5 Å². The van der Waals surface area contributed by atoms with E-state index in [4.69, 9.17) is 23.2 Å². The van der Waals surface area contributed by atoms with Gasteiger partial charge in [-0.3, -0.25) is 14.7 Å². The third-order valence-electron chi connectivity index (χ3n) is 7.00. The molecule has 4 rings (SSSR count). The van der Waals surface area contributed by atoms with E-state index in [0.29, 0.717) is 6.04 Å². The molecule has 0 saturated carbocycles. The maximum absolute atomic E-state index is 6.01. The first kappa shape index (κ1) is 39.1. The molecule has 2 aromatic carbocycles. The van der Waals surface area contributed by atoms with E-state index in [9.17, 15) is 0 Å². The van der Waals surface area contributed by atoms with Crippen molar-refractivity contribution >= 4 is 72.8 Å². The quantitative estimate of drug-likeness (QED) is 0.379. The largest absolute Gasteiger partial charge is 0.412 e. The summed E-state index contributed by atoms with van der Waals surface area (Å²) < 4.78 is 0. The molecule has 0 amide bonds. The number of hydrogen-bond acceptors (Lipinski definition) is 4. The van der Waals surface area contributed by atoms with Crippen molar-refractivity contribution in [2.75, 3.05) is 58.9 Å². The van der Waals surface area contributed by atoms with Crippen molar-refractivity contribution in [2.45, 2.75) is 32.5 Å². The minimum absolute atomic E-state index is 0. The SMILES string of the molecule is CC(CCN1CCN(Cc2ccc(Cl)cc2)CC1)N1CCN(Cc2ccc(Cl)cc2)CC1.Cl.Cl.Cl.Cl.O. The zero-order valence-corrected chi connectivity index (χ0v) is 26.1. The number of benzene rings is 2. The summed E-state index contributed by atoms with van der Waals surface area (Å²) in [7, 11) is 0. The summed E-state index contributed by atoms with van der Waals surface area (Å²) in [5, 5.41) is 1.63. The second kappa shape index (κ2) is 19.9. The molecule has 0 spiro atoms. The van der Waals surface area contributed by atoms with Gasteiger partial charge in [-0.25, -0.2) is 0 Å². The van der Waals surface area contributed by atoms with Crippen LogP contribution in [-0.2, 0) is 13.1 Å². The van der Waals surface area contributed by atoms with Crippen molar-refractivity contribution in [3.8, 4) is 0 Å². The Balaban J connectivity index is 0. The molecule has 37 heavy (non-hydrogen) atoms. The van der Waals surface area contributed by atoms with Crippen molar-refractivity contribution in [3.63, 3.8) is 0 Å². The van der Waals surface area contributed by atoms with Gasteiger partial charge in [0.1, 0.15) is 0 Å². The molecule has 2 heterocycles. The highest BCUT2D eigenvalue weighted by atomic mass is 35.5. The normalized spacial score (nSPS) is 17.7. The van der Waals surface area contributed by atoms with E-state index in [2.05, 4.69) is 50.8 Å². The lowest BCUT2D eigenvalue weighted by molar-refractivity contribution is 0.0796. The van der Waals surface area contributed by atoms with Crippen LogP contribution in [0.1, 0.15) is 24.5 Å². The zero-order valence-electron chi connectivity index (χ0n) is 21.4. The molecule has 2 fully saturated rings. The Morgan fingerprint density at radius 1 is 0.595 bits per heavy atom. The predicted molar refractivity (Wildman–Crippen MR) is 168 cm³/mol. The van der Waals surface area contributed by atoms with Gasteiger partial charge in [0.15, 0.2) is 0 Å². The molecule has 2 aliphatic rings. The molecule has 0 aromatic heterocycles. The summed E-state index contributed by atoms with van der Waals surface area (Å²) in [6.07, 6.45) is 1.26. The summed E-state index contributed by atoms with van der Waals surface area (Å²) in [4.78, 5) is 10.4. The Hall–Kier alpha value is -0.0200. The topological polar surface area (TPSA) is 44.5 Å². The molecule has 11 heteroatoms. The van der Waals surface area contributed by atoms with E-state index in [0.717, 1.165) is 49.3 Å². The molecule has 2 N–H and O–H groups in total. The van der Waals surface area contributed by atoms with Gasteiger partial charge in [0.05, 0.1) is 0 Å². The molecule has 214 valence electrons. The van der Waals surface area contributed by atoms with Crippen LogP contribution in [0.5, 0.6) is 0 Å². The van der Waals surface area contributed by atoms with E-state index in [1.165, 1.54) is 50.3 Å². The second-order valence-corrected chi connectivity index (χ2v) is 10.2. The van der Waals surface area contributed by atoms with Crippen molar-refractivity contribution in [2.24, 2.45) is 0 Å². The first-order valence-electron chi connectivity index (χ1n) is 12.0. The van der Waals surface area contributed by atoms with Gasteiger partial charge in [-0.05, 0) is 55.3 Å². The molecule has 5 nitrogen and oxygen atoms in total. The lowest BCUT2D eigenvalue weighted by Crippen LogP contribution is -2.50. The van der Waals surface area contributed by atoms with Crippen LogP contribution in [0.3, 0.4) is 0 Å². The average molecular weight is 639 g/mol. The number of halogens is 6. The van der Waals surface area contributed by atoms with Crippen molar-refractivity contribution in [1.82, 2.24) is 19.6 Å². The highest BCUT2D eigenvalue weighted by molar-refractivity contribution is 6.30. The van der Waals surface area contributed by atoms with Crippen LogP contribution in [0.2, 0.25) is 10.0 Å². The van der Waals surface area contributed by atoms with Gasteiger partial charge in [0.2, 0.25) is 0 Å². The maximum atomic E-state index is 6.01. The summed E-state index contributed by atoms with van der Waals surface area (Å²) >= 11 is 12.0. The molecule has 0 radical (unpaired) electrons. The van der Waals surface area contributed by atoms with Crippen LogP contribution in [0.25, 0.3) is 0 Å². The lowest BCUT2D eigenvalue weighted by Gasteiger charge is -2.39. The van der Waals surface area contributed by atoms with Gasteiger partial charge >= 0.3 is 0 Å². The first-order valence-corrected chi connectivity index (χ1v) is 12.7. The van der Waals surface area contributed by atoms with Crippen molar-refractivity contribution in [3.05, 3.63) is 69.7 Å². The number of hydrogen-bond donors (Lipinski definition) is 0. The molecular weight excluding hydrogens is 597 g/mol. The van der Waals surface area contributed by atoms with E-state index in [1.54, 1.807) is 0 Å². The van der Waals surface area contributed by atoms with E-state index >= 15 is 0 Å². The van der Waals surface area contributed by atoms with E-state index in [-0.39, 0.29) is 55.1 Å². The number of nitrogens with zero attached hydrogens (tertiary/aromatic N) is 4. The third kappa shape index (κ3) is 12.8. The molecule has 2 saturated heterocycles. The number of rotatable bonds is 8. The minimum atomic E-state index is 0. The Bertz CT molecular complexity index is 830. The van der Waals surface area contributed by atoms with Crippen LogP contribution in [0.15, 0.2) is 48.5 Å². The molecule has 1 atom stereocenters. The second-order valence-electron chi connectivity index (χ2n) is 9.32. The monoisotopic (exact) mass is 636 g/mol. The van der Waals surface area contributed by atoms with Crippen LogP contribution < -0.4 is 0 Å². The third-order valence-corrected chi connectivity index (χ3v) is 7.50. The summed E-state index contributed by atoms with van der Waals surface area (Å²) in [6, 6.07) is 17.2. The molecule has 2 aliphatic heterocycles. The van der Waals surface area contributed by atoms with Crippen LogP contribution >= 0.6 is 72.8 Å². The molecule has 1 unspecified atom stereocenters. The average Bonchev–Trinajstić information content (AvgIpc) is 2.82. The van der Waals surface area contributed by atoms with Gasteiger partial charge in [-0.15, -0.1) is 49.6 Å². The summed E-state index contributed by atoms with van der Waals surface area (Å²) in [6.45, 7) is 15.0. The fourth-order valence-corrected chi connectivity index (χ4v) is 5.03. The maximum Gasteiger partial charge on any atom is 0.0406 e. The highest BCUT2D eigenvalue weighted by Crippen LogP contribution is 2.16. The molecule has 0 aliphatic carbocycles. The fraction of sp³-hybridized carbons (Fsp3) is 0.538. The summed E-state index contributed by atoms with van der Waals surface area (Å²) in [5.41, 5.74) is 2.71. The molecule has 0 bridgehead atoms. The van der Waals surface area contributed by atoms with Gasteiger partial charge in [-0.2, -0.15) is 0 Å². The van der Waals surface area contributed by atoms with E-state index in [1.807, 2.05) is 24.3 Å². The smallest absolute Gasteiger partial charge is 0.0406 e. The van der Waals surface area contributed by atoms with Crippen LogP contribution in [-0.4, -0.2) is 90.0 Å². The van der Waals surface area contributed by atoms with Crippen molar-refractivity contribution < 1.29 is 5.48 Å². The van der Waals surface area contributed by atoms with Gasteiger partial charge < -0.3 is 10.4 Å². The molecular formula is C26H42Cl6N4O. The van der Waals surface area contributed by atoms with Crippen LogP contribution in [0, 0.1) is 0 Å². The summed E-state index contributed by atoms with van der Waals surface area (Å²) in [5.74, 6) is 0. The highest BCUT2D eigenvalue weighted by Gasteiger charge is 2.23. The van der Waals surface area contributed by atoms with Gasteiger partial charge in [0, 0.05) is 81.5 Å². The minimum Gasteiger partial charge on any atom is -0.412 e. The first-order chi connectivity index (χ1) is 15.5.